The molecule has 0 atom stereocenters. The van der Waals surface area contributed by atoms with Crippen molar-refractivity contribution in [2.45, 2.75) is 34.2 Å². The fraction of sp³-hybridized carbons (Fsp3) is 0.300. The second-order valence-electron chi connectivity index (χ2n) is 6.42. The molecule has 0 spiro atoms. The topological polar surface area (TPSA) is 90.3 Å². The minimum Gasteiger partial charge on any atom is -0.462 e. The van der Waals surface area contributed by atoms with Gasteiger partial charge in [0.15, 0.2) is 0 Å². The Hall–Kier alpha value is -3.00. The maximum atomic E-state index is 13.0. The minimum absolute atomic E-state index is 0.161. The third-order valence-corrected chi connectivity index (χ3v) is 5.47. The van der Waals surface area contributed by atoms with Gasteiger partial charge in [0, 0.05) is 5.69 Å². The summed E-state index contributed by atoms with van der Waals surface area (Å²) in [7, 11) is 0. The maximum Gasteiger partial charge on any atom is 0.348 e. The van der Waals surface area contributed by atoms with Gasteiger partial charge in [0.25, 0.3) is 5.56 Å². The van der Waals surface area contributed by atoms with E-state index in [9.17, 15) is 14.4 Å². The summed E-state index contributed by atoms with van der Waals surface area (Å²) in [5, 5.41) is 3.14. The van der Waals surface area contributed by atoms with Crippen LogP contribution in [0.1, 0.15) is 33.5 Å². The predicted molar refractivity (Wildman–Crippen MR) is 109 cm³/mol. The number of benzene rings is 1. The zero-order valence-corrected chi connectivity index (χ0v) is 17.0. The van der Waals surface area contributed by atoms with Crippen LogP contribution in [0.15, 0.2) is 29.1 Å². The number of aromatic nitrogens is 2. The Morgan fingerprint density at radius 2 is 2.00 bits per heavy atom. The first kappa shape index (κ1) is 19.8. The molecular weight excluding hydrogens is 378 g/mol. The smallest absolute Gasteiger partial charge is 0.348 e. The van der Waals surface area contributed by atoms with Crippen molar-refractivity contribution in [2.75, 3.05) is 11.9 Å². The van der Waals surface area contributed by atoms with Crippen molar-refractivity contribution in [1.82, 2.24) is 9.55 Å². The number of thiophene rings is 1. The van der Waals surface area contributed by atoms with Crippen molar-refractivity contribution in [2.24, 2.45) is 0 Å². The Kier molecular flexibility index (Phi) is 5.60. The summed E-state index contributed by atoms with van der Waals surface area (Å²) in [5.41, 5.74) is 1.88. The quantitative estimate of drug-likeness (QED) is 0.666. The van der Waals surface area contributed by atoms with Crippen LogP contribution in [0.2, 0.25) is 0 Å². The second-order valence-corrected chi connectivity index (χ2v) is 7.42. The highest BCUT2D eigenvalue weighted by atomic mass is 32.1. The number of carbonyl (C=O) groups excluding carboxylic acids is 2. The first-order valence-electron chi connectivity index (χ1n) is 8.86. The summed E-state index contributed by atoms with van der Waals surface area (Å²) < 4.78 is 6.37. The zero-order chi connectivity index (χ0) is 20.4. The van der Waals surface area contributed by atoms with Gasteiger partial charge in [-0.1, -0.05) is 12.1 Å². The number of carbonyl (C=O) groups is 2. The normalized spacial score (nSPS) is 10.9. The summed E-state index contributed by atoms with van der Waals surface area (Å²) in [6.45, 7) is 7.11. The van der Waals surface area contributed by atoms with E-state index in [-0.39, 0.29) is 24.6 Å². The van der Waals surface area contributed by atoms with Crippen molar-refractivity contribution in [1.29, 1.82) is 0 Å². The number of hydrogen-bond acceptors (Lipinski definition) is 6. The molecule has 7 nitrogen and oxygen atoms in total. The van der Waals surface area contributed by atoms with E-state index in [4.69, 9.17) is 4.74 Å². The molecule has 1 N–H and O–H groups in total. The number of nitrogens with zero attached hydrogens (tertiary/aromatic N) is 2. The molecule has 1 aromatic carbocycles. The van der Waals surface area contributed by atoms with Crippen LogP contribution < -0.4 is 10.9 Å². The average molecular weight is 399 g/mol. The molecule has 0 aliphatic rings. The van der Waals surface area contributed by atoms with Crippen LogP contribution in [0, 0.1) is 20.8 Å². The Morgan fingerprint density at radius 3 is 2.68 bits per heavy atom. The van der Waals surface area contributed by atoms with Gasteiger partial charge in [-0.15, -0.1) is 11.3 Å². The van der Waals surface area contributed by atoms with E-state index >= 15 is 0 Å². The highest BCUT2D eigenvalue weighted by molar-refractivity contribution is 7.20. The standard InChI is InChI=1S/C20H21N3O4S/c1-5-27-20(26)17-12(3)16-18(28-17)21-13(4)23(19(16)25)10-15(24)22-14-8-6-7-11(2)9-14/h6-9H,5,10H2,1-4H3,(H,22,24). The number of aryl methyl sites for hydroxylation is 3. The summed E-state index contributed by atoms with van der Waals surface area (Å²) in [6.07, 6.45) is 0. The van der Waals surface area contributed by atoms with Gasteiger partial charge >= 0.3 is 5.97 Å². The van der Waals surface area contributed by atoms with Crippen LogP contribution in [0.3, 0.4) is 0 Å². The fourth-order valence-electron chi connectivity index (χ4n) is 2.96. The largest absolute Gasteiger partial charge is 0.462 e. The molecule has 0 fully saturated rings. The molecule has 0 radical (unpaired) electrons. The Balaban J connectivity index is 1.95. The highest BCUT2D eigenvalue weighted by Gasteiger charge is 2.22. The molecule has 0 unspecified atom stereocenters. The molecule has 146 valence electrons. The monoisotopic (exact) mass is 399 g/mol. The maximum absolute atomic E-state index is 13.0. The molecule has 0 aliphatic carbocycles. The number of fused-ring (bicyclic) bond motifs is 1. The molecule has 2 aromatic heterocycles. The second kappa shape index (κ2) is 7.93. The summed E-state index contributed by atoms with van der Waals surface area (Å²) in [6, 6.07) is 7.42. The molecule has 0 saturated carbocycles. The van der Waals surface area contributed by atoms with Crippen LogP contribution in [-0.4, -0.2) is 28.0 Å². The van der Waals surface area contributed by atoms with E-state index in [1.165, 1.54) is 4.57 Å². The fourth-order valence-corrected chi connectivity index (χ4v) is 4.07. The van der Waals surface area contributed by atoms with Crippen molar-refractivity contribution < 1.29 is 14.3 Å². The molecule has 0 bridgehead atoms. The van der Waals surface area contributed by atoms with Crippen LogP contribution in [-0.2, 0) is 16.1 Å². The van der Waals surface area contributed by atoms with Crippen LogP contribution in [0.5, 0.6) is 0 Å². The van der Waals surface area contributed by atoms with Crippen molar-refractivity contribution in [3.05, 3.63) is 56.4 Å². The number of hydrogen-bond donors (Lipinski definition) is 1. The van der Waals surface area contributed by atoms with Gasteiger partial charge in [0.2, 0.25) is 5.91 Å². The summed E-state index contributed by atoms with van der Waals surface area (Å²) in [5.74, 6) is -0.382. The SMILES string of the molecule is CCOC(=O)c1sc2nc(C)n(CC(=O)Nc3cccc(C)c3)c(=O)c2c1C. The Bertz CT molecular complexity index is 1130. The number of nitrogens with one attached hydrogen (secondary N) is 1. The third-order valence-electron chi connectivity index (χ3n) is 4.31. The molecule has 1 amide bonds. The van der Waals surface area contributed by atoms with Gasteiger partial charge in [-0.25, -0.2) is 9.78 Å². The van der Waals surface area contributed by atoms with Crippen molar-refractivity contribution >= 4 is 39.1 Å². The lowest BCUT2D eigenvalue weighted by Crippen LogP contribution is -2.30. The summed E-state index contributed by atoms with van der Waals surface area (Å²) >= 11 is 1.13. The highest BCUT2D eigenvalue weighted by Crippen LogP contribution is 2.28. The van der Waals surface area contributed by atoms with Crippen molar-refractivity contribution in [3.63, 3.8) is 0 Å². The number of ether oxygens (including phenoxy) is 1. The number of amides is 1. The van der Waals surface area contributed by atoms with Crippen molar-refractivity contribution in [3.8, 4) is 0 Å². The van der Waals surface area contributed by atoms with Gasteiger partial charge < -0.3 is 10.1 Å². The van der Waals surface area contributed by atoms with Gasteiger partial charge in [0.1, 0.15) is 22.1 Å². The predicted octanol–water partition coefficient (Wildman–Crippen LogP) is 3.20. The van der Waals surface area contributed by atoms with Gasteiger partial charge in [0.05, 0.1) is 12.0 Å². The van der Waals surface area contributed by atoms with Gasteiger partial charge in [-0.2, -0.15) is 0 Å². The number of anilines is 1. The Morgan fingerprint density at radius 1 is 1.25 bits per heavy atom. The Labute approximate surface area is 166 Å². The van der Waals surface area contributed by atoms with Gasteiger partial charge in [-0.05, 0) is 51.0 Å². The van der Waals surface area contributed by atoms with E-state index in [2.05, 4.69) is 10.3 Å². The van der Waals surface area contributed by atoms with Crippen LogP contribution >= 0.6 is 11.3 Å². The average Bonchev–Trinajstić information content (AvgIpc) is 2.95. The van der Waals surface area contributed by atoms with Crippen LogP contribution in [0.4, 0.5) is 5.69 Å². The lowest BCUT2D eigenvalue weighted by atomic mass is 10.2. The van der Waals surface area contributed by atoms with E-state index in [1.54, 1.807) is 26.8 Å². The number of rotatable bonds is 5. The molecule has 3 aromatic rings. The molecule has 8 heteroatoms. The van der Waals surface area contributed by atoms with E-state index < -0.39 is 5.97 Å². The first-order chi connectivity index (χ1) is 13.3. The lowest BCUT2D eigenvalue weighted by molar-refractivity contribution is -0.116. The van der Waals surface area contributed by atoms with Crippen LogP contribution in [0.25, 0.3) is 10.2 Å². The molecule has 0 aliphatic heterocycles. The molecule has 3 rings (SSSR count). The van der Waals surface area contributed by atoms with E-state index in [1.807, 2.05) is 25.1 Å². The van der Waals surface area contributed by atoms with Gasteiger partial charge in [-0.3, -0.25) is 14.2 Å². The number of esters is 1. The lowest BCUT2D eigenvalue weighted by Gasteiger charge is -2.10. The molecular formula is C20H21N3O4S. The van der Waals surface area contributed by atoms with E-state index in [0.717, 1.165) is 16.9 Å². The zero-order valence-electron chi connectivity index (χ0n) is 16.2. The molecule has 28 heavy (non-hydrogen) atoms. The minimum atomic E-state index is -0.469. The summed E-state index contributed by atoms with van der Waals surface area (Å²) in [4.78, 5) is 42.8. The third kappa shape index (κ3) is 3.82. The van der Waals surface area contributed by atoms with E-state index in [0.29, 0.717) is 32.2 Å². The molecule has 0 saturated heterocycles. The first-order valence-corrected chi connectivity index (χ1v) is 9.67. The molecule has 2 heterocycles.